The Morgan fingerprint density at radius 1 is 1.56 bits per heavy atom. The maximum absolute atomic E-state index is 11.6. The fourth-order valence-electron chi connectivity index (χ4n) is 1.18. The number of rotatable bonds is 5. The molecule has 1 heterocycles. The van der Waals surface area contributed by atoms with Crippen LogP contribution in [0, 0.1) is 11.3 Å². The minimum absolute atomic E-state index is 0.111. The van der Waals surface area contributed by atoms with E-state index in [1.54, 1.807) is 18.3 Å². The average molecular weight is 282 g/mol. The van der Waals surface area contributed by atoms with Crippen molar-refractivity contribution in [3.63, 3.8) is 0 Å². The zero-order valence-electron chi connectivity index (χ0n) is 8.74. The SMILES string of the molecule is N#CCCCCNC(=O)c1ccnc(Br)c1. The average Bonchev–Trinajstić information content (AvgIpc) is 2.28. The largest absolute Gasteiger partial charge is 0.352 e. The summed E-state index contributed by atoms with van der Waals surface area (Å²) in [5.74, 6) is -0.111. The number of carbonyl (C=O) groups excluding carboxylic acids is 1. The summed E-state index contributed by atoms with van der Waals surface area (Å²) in [6, 6.07) is 5.40. The van der Waals surface area contributed by atoms with E-state index in [-0.39, 0.29) is 5.91 Å². The van der Waals surface area contributed by atoms with Crippen molar-refractivity contribution in [3.8, 4) is 6.07 Å². The number of halogens is 1. The van der Waals surface area contributed by atoms with Crippen molar-refractivity contribution in [1.82, 2.24) is 10.3 Å². The van der Waals surface area contributed by atoms with Crippen molar-refractivity contribution in [2.75, 3.05) is 6.54 Å². The number of amides is 1. The van der Waals surface area contributed by atoms with Gasteiger partial charge in [0.25, 0.3) is 5.91 Å². The second kappa shape index (κ2) is 6.96. The van der Waals surface area contributed by atoms with Crippen LogP contribution in [0.25, 0.3) is 0 Å². The molecule has 1 aromatic heterocycles. The summed E-state index contributed by atoms with van der Waals surface area (Å²) in [6.45, 7) is 0.598. The van der Waals surface area contributed by atoms with Gasteiger partial charge in [0.05, 0.1) is 6.07 Å². The van der Waals surface area contributed by atoms with E-state index >= 15 is 0 Å². The van der Waals surface area contributed by atoms with E-state index in [0.717, 1.165) is 12.8 Å². The highest BCUT2D eigenvalue weighted by Crippen LogP contribution is 2.07. The summed E-state index contributed by atoms with van der Waals surface area (Å²) in [7, 11) is 0. The van der Waals surface area contributed by atoms with Gasteiger partial charge < -0.3 is 5.32 Å². The minimum atomic E-state index is -0.111. The molecule has 0 aliphatic rings. The molecule has 1 N–H and O–H groups in total. The highest BCUT2D eigenvalue weighted by molar-refractivity contribution is 9.10. The Kier molecular flexibility index (Phi) is 5.51. The van der Waals surface area contributed by atoms with Gasteiger partial charge in [0.15, 0.2) is 0 Å². The van der Waals surface area contributed by atoms with Gasteiger partial charge in [0.2, 0.25) is 0 Å². The fraction of sp³-hybridized carbons (Fsp3) is 0.364. The highest BCUT2D eigenvalue weighted by atomic mass is 79.9. The van der Waals surface area contributed by atoms with Gasteiger partial charge in [0, 0.05) is 24.7 Å². The number of nitrogens with one attached hydrogen (secondary N) is 1. The quantitative estimate of drug-likeness (QED) is 0.665. The fourth-order valence-corrected chi connectivity index (χ4v) is 1.54. The smallest absolute Gasteiger partial charge is 0.251 e. The van der Waals surface area contributed by atoms with E-state index in [0.29, 0.717) is 23.1 Å². The molecule has 84 valence electrons. The third-order valence-corrected chi connectivity index (χ3v) is 2.42. The van der Waals surface area contributed by atoms with Crippen molar-refractivity contribution >= 4 is 21.8 Å². The molecular formula is C11H12BrN3O. The number of unbranched alkanes of at least 4 members (excludes halogenated alkanes) is 2. The lowest BCUT2D eigenvalue weighted by molar-refractivity contribution is 0.0953. The van der Waals surface area contributed by atoms with E-state index in [9.17, 15) is 4.79 Å². The Labute approximate surface area is 103 Å². The van der Waals surface area contributed by atoms with Crippen molar-refractivity contribution < 1.29 is 4.79 Å². The van der Waals surface area contributed by atoms with Crippen LogP contribution in [0.2, 0.25) is 0 Å². The second-order valence-electron chi connectivity index (χ2n) is 3.24. The Bertz CT molecular complexity index is 400. The number of hydrogen-bond acceptors (Lipinski definition) is 3. The molecule has 0 aliphatic heterocycles. The van der Waals surface area contributed by atoms with Gasteiger partial charge >= 0.3 is 0 Å². The van der Waals surface area contributed by atoms with Crippen molar-refractivity contribution in [2.24, 2.45) is 0 Å². The van der Waals surface area contributed by atoms with Gasteiger partial charge in [-0.05, 0) is 40.9 Å². The van der Waals surface area contributed by atoms with Crippen LogP contribution in [0.5, 0.6) is 0 Å². The molecule has 1 rings (SSSR count). The third-order valence-electron chi connectivity index (χ3n) is 1.99. The second-order valence-corrected chi connectivity index (χ2v) is 4.05. The lowest BCUT2D eigenvalue weighted by Gasteiger charge is -2.04. The van der Waals surface area contributed by atoms with Crippen LogP contribution >= 0.6 is 15.9 Å². The molecule has 0 aliphatic carbocycles. The van der Waals surface area contributed by atoms with Crippen LogP contribution in [-0.2, 0) is 0 Å². The van der Waals surface area contributed by atoms with Crippen LogP contribution in [-0.4, -0.2) is 17.4 Å². The van der Waals surface area contributed by atoms with Crippen LogP contribution in [0.1, 0.15) is 29.6 Å². The Balaban J connectivity index is 2.33. The molecular weight excluding hydrogens is 270 g/mol. The molecule has 0 saturated carbocycles. The molecule has 0 aromatic carbocycles. The Morgan fingerprint density at radius 3 is 3.06 bits per heavy atom. The first-order valence-corrected chi connectivity index (χ1v) is 5.80. The number of hydrogen-bond donors (Lipinski definition) is 1. The zero-order chi connectivity index (χ0) is 11.8. The molecule has 16 heavy (non-hydrogen) atoms. The van der Waals surface area contributed by atoms with Crippen LogP contribution < -0.4 is 5.32 Å². The third kappa shape index (κ3) is 4.41. The van der Waals surface area contributed by atoms with Crippen molar-refractivity contribution in [3.05, 3.63) is 28.5 Å². The summed E-state index contributed by atoms with van der Waals surface area (Å²) in [5, 5.41) is 11.1. The number of carbonyl (C=O) groups is 1. The Hall–Kier alpha value is -1.41. The van der Waals surface area contributed by atoms with E-state index in [2.05, 4.69) is 32.3 Å². The molecule has 0 unspecified atom stereocenters. The Morgan fingerprint density at radius 2 is 2.38 bits per heavy atom. The number of nitriles is 1. The lowest BCUT2D eigenvalue weighted by Crippen LogP contribution is -2.24. The van der Waals surface area contributed by atoms with Gasteiger partial charge in [-0.25, -0.2) is 4.98 Å². The summed E-state index contributed by atoms with van der Waals surface area (Å²) >= 11 is 3.21. The van der Waals surface area contributed by atoms with Crippen molar-refractivity contribution in [2.45, 2.75) is 19.3 Å². The standard InChI is InChI=1S/C11H12BrN3O/c12-10-8-9(4-7-14-10)11(16)15-6-3-1-2-5-13/h4,7-8H,1-3,6H2,(H,15,16). The van der Waals surface area contributed by atoms with Crippen molar-refractivity contribution in [1.29, 1.82) is 5.26 Å². The summed E-state index contributed by atoms with van der Waals surface area (Å²) in [5.41, 5.74) is 0.585. The molecule has 0 bridgehead atoms. The highest BCUT2D eigenvalue weighted by Gasteiger charge is 2.04. The first kappa shape index (κ1) is 12.7. The monoisotopic (exact) mass is 281 g/mol. The van der Waals surface area contributed by atoms with E-state index < -0.39 is 0 Å². The van der Waals surface area contributed by atoms with E-state index in [1.807, 2.05) is 0 Å². The maximum atomic E-state index is 11.6. The predicted molar refractivity (Wildman–Crippen MR) is 63.7 cm³/mol. The molecule has 0 radical (unpaired) electrons. The zero-order valence-corrected chi connectivity index (χ0v) is 10.3. The molecule has 1 aromatic rings. The van der Waals surface area contributed by atoms with Gasteiger partial charge in [-0.3, -0.25) is 4.79 Å². The topological polar surface area (TPSA) is 65.8 Å². The van der Waals surface area contributed by atoms with Gasteiger partial charge in [0.1, 0.15) is 4.60 Å². The molecule has 0 fully saturated rings. The van der Waals surface area contributed by atoms with Crippen LogP contribution in [0.15, 0.2) is 22.9 Å². The number of nitrogens with zero attached hydrogens (tertiary/aromatic N) is 2. The van der Waals surface area contributed by atoms with Gasteiger partial charge in [-0.15, -0.1) is 0 Å². The van der Waals surface area contributed by atoms with E-state index in [1.165, 1.54) is 0 Å². The summed E-state index contributed by atoms with van der Waals surface area (Å²) in [6.07, 6.45) is 3.76. The summed E-state index contributed by atoms with van der Waals surface area (Å²) in [4.78, 5) is 15.5. The van der Waals surface area contributed by atoms with E-state index in [4.69, 9.17) is 5.26 Å². The molecule has 1 amide bonds. The molecule has 0 atom stereocenters. The molecule has 0 spiro atoms. The number of aromatic nitrogens is 1. The number of pyridine rings is 1. The van der Waals surface area contributed by atoms with Gasteiger partial charge in [-0.2, -0.15) is 5.26 Å². The van der Waals surface area contributed by atoms with Crippen LogP contribution in [0.4, 0.5) is 0 Å². The molecule has 5 heteroatoms. The molecule has 4 nitrogen and oxygen atoms in total. The lowest BCUT2D eigenvalue weighted by atomic mass is 10.2. The first-order valence-electron chi connectivity index (χ1n) is 5.00. The minimum Gasteiger partial charge on any atom is -0.352 e. The summed E-state index contributed by atoms with van der Waals surface area (Å²) < 4.78 is 0.643. The van der Waals surface area contributed by atoms with Crippen LogP contribution in [0.3, 0.4) is 0 Å². The predicted octanol–water partition coefficient (Wildman–Crippen LogP) is 2.27. The normalized spacial score (nSPS) is 9.50. The molecule has 0 saturated heterocycles. The maximum Gasteiger partial charge on any atom is 0.251 e. The van der Waals surface area contributed by atoms with Gasteiger partial charge in [-0.1, -0.05) is 0 Å². The first-order chi connectivity index (χ1) is 7.74.